The number of thiocarbonyl (C=S) groups is 1. The van der Waals surface area contributed by atoms with Crippen LogP contribution in [0.4, 0.5) is 8.78 Å². The topological polar surface area (TPSA) is 53.1 Å². The van der Waals surface area contributed by atoms with Gasteiger partial charge in [0.25, 0.3) is 0 Å². The Kier molecular flexibility index (Phi) is 3.24. The van der Waals surface area contributed by atoms with Gasteiger partial charge >= 0.3 is 0 Å². The van der Waals surface area contributed by atoms with Crippen molar-refractivity contribution in [2.75, 3.05) is 0 Å². The Labute approximate surface area is 107 Å². The lowest BCUT2D eigenvalue weighted by Gasteiger charge is -2.07. The number of aryl methyl sites for hydroxylation is 1. The highest BCUT2D eigenvalue weighted by Gasteiger charge is 2.15. The number of hydrogen-bond donors (Lipinski definition) is 1. The summed E-state index contributed by atoms with van der Waals surface area (Å²) in [5, 5.41) is 3.82. The molecule has 0 saturated heterocycles. The van der Waals surface area contributed by atoms with Gasteiger partial charge in [-0.05, 0) is 12.1 Å². The Hall–Kier alpha value is -2.02. The summed E-state index contributed by atoms with van der Waals surface area (Å²) in [6.07, 6.45) is 2.83. The van der Waals surface area contributed by atoms with Crippen LogP contribution in [0.3, 0.4) is 0 Å². The molecule has 0 radical (unpaired) electrons. The van der Waals surface area contributed by atoms with E-state index in [9.17, 15) is 8.78 Å². The third-order valence-electron chi connectivity index (χ3n) is 2.18. The summed E-state index contributed by atoms with van der Waals surface area (Å²) in [5.41, 5.74) is 5.41. The van der Waals surface area contributed by atoms with Crippen molar-refractivity contribution in [2.24, 2.45) is 12.8 Å². The molecule has 0 aliphatic rings. The zero-order chi connectivity index (χ0) is 13.3. The Balaban J connectivity index is 2.37. The second kappa shape index (κ2) is 4.69. The summed E-state index contributed by atoms with van der Waals surface area (Å²) in [4.78, 5) is -0.0827. The first-order valence-corrected chi connectivity index (χ1v) is 5.33. The average Bonchev–Trinajstić information content (AvgIpc) is 2.69. The Morgan fingerprint density at radius 3 is 2.44 bits per heavy atom. The molecule has 2 rings (SSSR count). The molecule has 7 heteroatoms. The fraction of sp³-hybridized carbons (Fsp3) is 0.0909. The van der Waals surface area contributed by atoms with E-state index < -0.39 is 17.4 Å². The lowest BCUT2D eigenvalue weighted by molar-refractivity contribution is 0.407. The van der Waals surface area contributed by atoms with Gasteiger partial charge in [-0.25, -0.2) is 8.78 Å². The molecule has 0 spiro atoms. The molecule has 0 bridgehead atoms. The normalized spacial score (nSPS) is 10.4. The van der Waals surface area contributed by atoms with Crippen LogP contribution in [-0.2, 0) is 7.05 Å². The number of aromatic nitrogens is 2. The molecular weight excluding hydrogens is 260 g/mol. The van der Waals surface area contributed by atoms with Gasteiger partial charge in [0.2, 0.25) is 0 Å². The van der Waals surface area contributed by atoms with E-state index in [1.165, 1.54) is 17.1 Å². The van der Waals surface area contributed by atoms with E-state index in [0.717, 1.165) is 12.1 Å². The molecule has 1 aromatic carbocycles. The molecule has 0 saturated carbocycles. The van der Waals surface area contributed by atoms with E-state index in [-0.39, 0.29) is 16.3 Å². The van der Waals surface area contributed by atoms with Crippen molar-refractivity contribution in [3.8, 4) is 11.5 Å². The number of rotatable bonds is 3. The average molecular weight is 269 g/mol. The van der Waals surface area contributed by atoms with Crippen molar-refractivity contribution in [1.82, 2.24) is 9.78 Å². The Bertz CT molecular complexity index is 589. The van der Waals surface area contributed by atoms with Crippen LogP contribution < -0.4 is 10.5 Å². The summed E-state index contributed by atoms with van der Waals surface area (Å²) < 4.78 is 33.8. The van der Waals surface area contributed by atoms with Crippen LogP contribution in [0.25, 0.3) is 0 Å². The summed E-state index contributed by atoms with van der Waals surface area (Å²) in [6, 6.07) is 2.05. The van der Waals surface area contributed by atoms with Crippen LogP contribution in [0.1, 0.15) is 5.56 Å². The zero-order valence-corrected chi connectivity index (χ0v) is 10.2. The van der Waals surface area contributed by atoms with Gasteiger partial charge in [0.05, 0.1) is 12.4 Å². The fourth-order valence-corrected chi connectivity index (χ4v) is 1.49. The van der Waals surface area contributed by atoms with Crippen molar-refractivity contribution in [2.45, 2.75) is 0 Å². The van der Waals surface area contributed by atoms with Gasteiger partial charge in [-0.2, -0.15) is 5.10 Å². The number of benzene rings is 1. The highest BCUT2D eigenvalue weighted by Crippen LogP contribution is 2.28. The maximum absolute atomic E-state index is 13.7. The number of nitrogens with two attached hydrogens (primary N) is 1. The molecule has 1 heterocycles. The SMILES string of the molecule is Cn1cc(Oc2c(F)cc(C(N)=S)cc2F)cn1. The Morgan fingerprint density at radius 1 is 1.39 bits per heavy atom. The minimum Gasteiger partial charge on any atom is -0.448 e. The van der Waals surface area contributed by atoms with Crippen molar-refractivity contribution in [1.29, 1.82) is 0 Å². The molecule has 1 aromatic heterocycles. The minimum absolute atomic E-state index is 0.0827. The van der Waals surface area contributed by atoms with Gasteiger partial charge in [0, 0.05) is 12.6 Å². The van der Waals surface area contributed by atoms with E-state index in [2.05, 4.69) is 17.3 Å². The molecule has 0 aliphatic heterocycles. The predicted octanol–water partition coefficient (Wildman–Crippen LogP) is 2.12. The molecule has 18 heavy (non-hydrogen) atoms. The third kappa shape index (κ3) is 2.45. The molecule has 0 amide bonds. The first kappa shape index (κ1) is 12.4. The standard InChI is InChI=1S/C11H9F2N3OS/c1-16-5-7(4-15-16)17-10-8(12)2-6(11(14)18)3-9(10)13/h2-5H,1H3,(H2,14,18). The van der Waals surface area contributed by atoms with Gasteiger partial charge in [-0.1, -0.05) is 12.2 Å². The monoisotopic (exact) mass is 269 g/mol. The van der Waals surface area contributed by atoms with Crippen LogP contribution in [0, 0.1) is 11.6 Å². The summed E-state index contributed by atoms with van der Waals surface area (Å²) >= 11 is 4.65. The van der Waals surface area contributed by atoms with Gasteiger partial charge in [0.1, 0.15) is 4.99 Å². The number of nitrogens with zero attached hydrogens (tertiary/aromatic N) is 2. The minimum atomic E-state index is -0.873. The van der Waals surface area contributed by atoms with Crippen LogP contribution in [0.5, 0.6) is 11.5 Å². The molecule has 0 atom stereocenters. The molecule has 94 valence electrons. The molecule has 2 aromatic rings. The summed E-state index contributed by atoms with van der Waals surface area (Å²) in [6.45, 7) is 0. The van der Waals surface area contributed by atoms with E-state index in [1.54, 1.807) is 7.05 Å². The molecule has 0 fully saturated rings. The maximum atomic E-state index is 13.7. The molecular formula is C11H9F2N3OS. The van der Waals surface area contributed by atoms with Crippen LogP contribution in [0.2, 0.25) is 0 Å². The highest BCUT2D eigenvalue weighted by atomic mass is 32.1. The van der Waals surface area contributed by atoms with E-state index >= 15 is 0 Å². The summed E-state index contributed by atoms with van der Waals surface area (Å²) in [7, 11) is 1.66. The number of hydrogen-bond acceptors (Lipinski definition) is 3. The number of ether oxygens (including phenoxy) is 1. The second-order valence-corrected chi connectivity index (χ2v) is 4.02. The van der Waals surface area contributed by atoms with E-state index in [0.29, 0.717) is 0 Å². The zero-order valence-electron chi connectivity index (χ0n) is 9.35. The quantitative estimate of drug-likeness (QED) is 0.867. The lowest BCUT2D eigenvalue weighted by atomic mass is 10.2. The van der Waals surface area contributed by atoms with Crippen LogP contribution in [-0.4, -0.2) is 14.8 Å². The van der Waals surface area contributed by atoms with Gasteiger partial charge in [-0.3, -0.25) is 4.68 Å². The molecule has 4 nitrogen and oxygen atoms in total. The third-order valence-corrected chi connectivity index (χ3v) is 2.42. The smallest absolute Gasteiger partial charge is 0.198 e. The van der Waals surface area contributed by atoms with Gasteiger partial charge in [0.15, 0.2) is 23.1 Å². The first-order valence-electron chi connectivity index (χ1n) is 4.92. The largest absolute Gasteiger partial charge is 0.448 e. The highest BCUT2D eigenvalue weighted by molar-refractivity contribution is 7.80. The second-order valence-electron chi connectivity index (χ2n) is 3.59. The predicted molar refractivity (Wildman–Crippen MR) is 65.5 cm³/mol. The van der Waals surface area contributed by atoms with Crippen molar-refractivity contribution in [3.05, 3.63) is 41.7 Å². The molecule has 2 N–H and O–H groups in total. The van der Waals surface area contributed by atoms with Crippen molar-refractivity contribution >= 4 is 17.2 Å². The maximum Gasteiger partial charge on any atom is 0.198 e. The van der Waals surface area contributed by atoms with Crippen LogP contribution in [0.15, 0.2) is 24.5 Å². The fourth-order valence-electron chi connectivity index (χ4n) is 1.37. The molecule has 0 aliphatic carbocycles. The number of halogens is 2. The van der Waals surface area contributed by atoms with Crippen molar-refractivity contribution < 1.29 is 13.5 Å². The van der Waals surface area contributed by atoms with Crippen LogP contribution >= 0.6 is 12.2 Å². The van der Waals surface area contributed by atoms with Gasteiger partial charge < -0.3 is 10.5 Å². The Morgan fingerprint density at radius 2 is 2.00 bits per heavy atom. The molecule has 0 unspecified atom stereocenters. The van der Waals surface area contributed by atoms with E-state index in [1.807, 2.05) is 0 Å². The first-order chi connectivity index (χ1) is 8.47. The van der Waals surface area contributed by atoms with Crippen molar-refractivity contribution in [3.63, 3.8) is 0 Å². The van der Waals surface area contributed by atoms with Gasteiger partial charge in [-0.15, -0.1) is 0 Å². The van der Waals surface area contributed by atoms with E-state index in [4.69, 9.17) is 10.5 Å². The lowest BCUT2D eigenvalue weighted by Crippen LogP contribution is -2.10. The summed E-state index contributed by atoms with van der Waals surface area (Å²) in [5.74, 6) is -2.02.